The molecule has 5 N–H and O–H groups in total. The Hall–Kier alpha value is -2.32. The molecule has 5 nitrogen and oxygen atoms in total. The van der Waals surface area contributed by atoms with Gasteiger partial charge < -0.3 is 16.8 Å². The number of hydrogen-bond donors (Lipinski definition) is 3. The summed E-state index contributed by atoms with van der Waals surface area (Å²) in [6, 6.07) is 7.40. The summed E-state index contributed by atoms with van der Waals surface area (Å²) < 4.78 is 0. The lowest BCUT2D eigenvalue weighted by Crippen LogP contribution is -2.50. The maximum atomic E-state index is 11.7. The summed E-state index contributed by atoms with van der Waals surface area (Å²) in [5, 5.41) is 2.31. The molecule has 1 aromatic rings. The number of hydrogen-bond acceptors (Lipinski definition) is 3. The highest BCUT2D eigenvalue weighted by atomic mass is 16.2. The summed E-state index contributed by atoms with van der Waals surface area (Å²) in [6.45, 7) is 0. The number of carbonyl (C=O) groups excluding carboxylic acids is 2. The standard InChI is InChI=1S/C13H15N3O2/c1-2-11(12(15)17)16-13(18)10(14)8-9-6-4-3-5-7-9/h1,3-7,10-11H,8,14H2,(H2,15,17)(H,16,18)/t10-,11-/m0/s1. The number of carbonyl (C=O) groups is 2. The monoisotopic (exact) mass is 245 g/mol. The third-order valence-corrected chi connectivity index (χ3v) is 2.37. The number of amides is 2. The summed E-state index contributed by atoms with van der Waals surface area (Å²) in [5.41, 5.74) is 11.7. The van der Waals surface area contributed by atoms with Crippen LogP contribution in [0.15, 0.2) is 30.3 Å². The van der Waals surface area contributed by atoms with Gasteiger partial charge in [-0.25, -0.2) is 0 Å². The molecular formula is C13H15N3O2. The second-order valence-electron chi connectivity index (χ2n) is 3.81. The van der Waals surface area contributed by atoms with E-state index >= 15 is 0 Å². The largest absolute Gasteiger partial charge is 0.367 e. The van der Waals surface area contributed by atoms with Crippen LogP contribution >= 0.6 is 0 Å². The molecule has 5 heteroatoms. The molecule has 0 aliphatic rings. The van der Waals surface area contributed by atoms with Crippen LogP contribution in [0.5, 0.6) is 0 Å². The Balaban J connectivity index is 2.57. The average molecular weight is 245 g/mol. The van der Waals surface area contributed by atoms with Gasteiger partial charge in [-0.15, -0.1) is 6.42 Å². The van der Waals surface area contributed by atoms with Crippen molar-refractivity contribution in [2.24, 2.45) is 11.5 Å². The fourth-order valence-electron chi connectivity index (χ4n) is 1.40. The summed E-state index contributed by atoms with van der Waals surface area (Å²) in [5.74, 6) is 0.810. The highest BCUT2D eigenvalue weighted by Crippen LogP contribution is 2.02. The van der Waals surface area contributed by atoms with Gasteiger partial charge in [0, 0.05) is 0 Å². The molecule has 18 heavy (non-hydrogen) atoms. The topological polar surface area (TPSA) is 98.2 Å². The van der Waals surface area contributed by atoms with E-state index in [4.69, 9.17) is 17.9 Å². The first-order chi connectivity index (χ1) is 8.54. The SMILES string of the molecule is C#C[C@H](NC(=O)[C@@H](N)Cc1ccccc1)C(N)=O. The first-order valence-corrected chi connectivity index (χ1v) is 5.40. The van der Waals surface area contributed by atoms with E-state index in [1.165, 1.54) is 0 Å². The van der Waals surface area contributed by atoms with E-state index in [0.29, 0.717) is 6.42 Å². The Morgan fingerprint density at radius 3 is 2.44 bits per heavy atom. The Kier molecular flexibility index (Phi) is 4.90. The van der Waals surface area contributed by atoms with E-state index in [9.17, 15) is 9.59 Å². The van der Waals surface area contributed by atoms with Gasteiger partial charge >= 0.3 is 0 Å². The van der Waals surface area contributed by atoms with Crippen molar-refractivity contribution in [3.8, 4) is 12.3 Å². The van der Waals surface area contributed by atoms with Crippen LogP contribution in [0.4, 0.5) is 0 Å². The molecule has 0 aliphatic heterocycles. The molecule has 0 unspecified atom stereocenters. The van der Waals surface area contributed by atoms with Crippen molar-refractivity contribution in [2.75, 3.05) is 0 Å². The van der Waals surface area contributed by atoms with Gasteiger partial charge in [0.1, 0.15) is 0 Å². The van der Waals surface area contributed by atoms with Crippen LogP contribution in [0, 0.1) is 12.3 Å². The Bertz CT molecular complexity index is 465. The van der Waals surface area contributed by atoms with E-state index < -0.39 is 23.9 Å². The fourth-order valence-corrected chi connectivity index (χ4v) is 1.40. The van der Waals surface area contributed by atoms with Crippen LogP contribution in [-0.2, 0) is 16.0 Å². The molecule has 94 valence electrons. The molecule has 1 aromatic carbocycles. The normalized spacial score (nSPS) is 13.1. The lowest BCUT2D eigenvalue weighted by atomic mass is 10.1. The molecule has 0 saturated heterocycles. The number of primary amides is 1. The molecule has 0 heterocycles. The van der Waals surface area contributed by atoms with Crippen molar-refractivity contribution in [1.29, 1.82) is 0 Å². The average Bonchev–Trinajstić information content (AvgIpc) is 2.36. The van der Waals surface area contributed by atoms with Gasteiger partial charge in [0.2, 0.25) is 5.91 Å². The lowest BCUT2D eigenvalue weighted by Gasteiger charge is -2.14. The summed E-state index contributed by atoms with van der Waals surface area (Å²) in [6.07, 6.45) is 5.43. The van der Waals surface area contributed by atoms with Gasteiger partial charge in [-0.1, -0.05) is 36.3 Å². The van der Waals surface area contributed by atoms with Crippen LogP contribution < -0.4 is 16.8 Å². The first kappa shape index (κ1) is 13.7. The third-order valence-electron chi connectivity index (χ3n) is 2.37. The zero-order valence-corrected chi connectivity index (χ0v) is 9.80. The molecule has 2 amide bonds. The van der Waals surface area contributed by atoms with Crippen LogP contribution in [0.1, 0.15) is 5.56 Å². The zero-order chi connectivity index (χ0) is 13.5. The van der Waals surface area contributed by atoms with Crippen molar-refractivity contribution in [2.45, 2.75) is 18.5 Å². The van der Waals surface area contributed by atoms with Crippen LogP contribution in [0.25, 0.3) is 0 Å². The predicted octanol–water partition coefficient (Wildman–Crippen LogP) is -0.840. The molecule has 0 radical (unpaired) electrons. The number of nitrogens with two attached hydrogens (primary N) is 2. The number of nitrogens with one attached hydrogen (secondary N) is 1. The van der Waals surface area contributed by atoms with Gasteiger partial charge in [-0.3, -0.25) is 9.59 Å². The molecule has 0 saturated carbocycles. The van der Waals surface area contributed by atoms with Crippen molar-refractivity contribution in [3.63, 3.8) is 0 Å². The van der Waals surface area contributed by atoms with Crippen molar-refractivity contribution in [3.05, 3.63) is 35.9 Å². The van der Waals surface area contributed by atoms with Gasteiger partial charge in [-0.2, -0.15) is 0 Å². The quantitative estimate of drug-likeness (QED) is 0.590. The Labute approximate surface area is 106 Å². The van der Waals surface area contributed by atoms with Crippen molar-refractivity contribution < 1.29 is 9.59 Å². The second-order valence-corrected chi connectivity index (χ2v) is 3.81. The van der Waals surface area contributed by atoms with E-state index in [2.05, 4.69) is 11.2 Å². The third kappa shape index (κ3) is 3.92. The van der Waals surface area contributed by atoms with Crippen LogP contribution in [-0.4, -0.2) is 23.9 Å². The van der Waals surface area contributed by atoms with Crippen molar-refractivity contribution >= 4 is 11.8 Å². The molecule has 1 rings (SSSR count). The van der Waals surface area contributed by atoms with E-state index in [1.54, 1.807) is 0 Å². The summed E-state index contributed by atoms with van der Waals surface area (Å²) >= 11 is 0. The van der Waals surface area contributed by atoms with Gasteiger partial charge in [-0.05, 0) is 12.0 Å². The summed E-state index contributed by atoms with van der Waals surface area (Å²) in [4.78, 5) is 22.6. The van der Waals surface area contributed by atoms with Gasteiger partial charge in [0.15, 0.2) is 6.04 Å². The molecule has 0 aliphatic carbocycles. The van der Waals surface area contributed by atoms with Crippen LogP contribution in [0.2, 0.25) is 0 Å². The van der Waals surface area contributed by atoms with Crippen LogP contribution in [0.3, 0.4) is 0 Å². The zero-order valence-electron chi connectivity index (χ0n) is 9.80. The number of rotatable bonds is 5. The minimum absolute atomic E-state index is 0.364. The molecule has 0 spiro atoms. The van der Waals surface area contributed by atoms with E-state index in [-0.39, 0.29) is 0 Å². The molecule has 0 aromatic heterocycles. The highest BCUT2D eigenvalue weighted by Gasteiger charge is 2.20. The smallest absolute Gasteiger partial charge is 0.252 e. The van der Waals surface area contributed by atoms with Gasteiger partial charge in [0.05, 0.1) is 6.04 Å². The first-order valence-electron chi connectivity index (χ1n) is 5.40. The van der Waals surface area contributed by atoms with Crippen molar-refractivity contribution in [1.82, 2.24) is 5.32 Å². The second kappa shape index (κ2) is 6.42. The van der Waals surface area contributed by atoms with Gasteiger partial charge in [0.25, 0.3) is 5.91 Å². The number of terminal acetylenes is 1. The molecular weight excluding hydrogens is 230 g/mol. The Morgan fingerprint density at radius 1 is 1.33 bits per heavy atom. The maximum absolute atomic E-state index is 11.7. The maximum Gasteiger partial charge on any atom is 0.252 e. The molecule has 2 atom stereocenters. The summed E-state index contributed by atoms with van der Waals surface area (Å²) in [7, 11) is 0. The van der Waals surface area contributed by atoms with E-state index in [0.717, 1.165) is 5.56 Å². The minimum Gasteiger partial charge on any atom is -0.367 e. The van der Waals surface area contributed by atoms with E-state index in [1.807, 2.05) is 30.3 Å². The minimum atomic E-state index is -1.13. The fraction of sp³-hybridized carbons (Fsp3) is 0.231. The lowest BCUT2D eigenvalue weighted by molar-refractivity contribution is -0.126. The predicted molar refractivity (Wildman–Crippen MR) is 68.1 cm³/mol. The molecule has 0 fully saturated rings. The number of benzene rings is 1. The molecule has 0 bridgehead atoms. The Morgan fingerprint density at radius 2 is 1.94 bits per heavy atom. The highest BCUT2D eigenvalue weighted by molar-refractivity contribution is 5.91.